The number of hydrogen-bond acceptors (Lipinski definition) is 8. The van der Waals surface area contributed by atoms with E-state index in [0.29, 0.717) is 5.69 Å². The molecule has 0 aliphatic carbocycles. The van der Waals surface area contributed by atoms with Gasteiger partial charge < -0.3 is 14.9 Å². The molecule has 2 aromatic carbocycles. The van der Waals surface area contributed by atoms with Gasteiger partial charge in [-0.3, -0.25) is 5.84 Å². The average molecular weight is 509 g/mol. The van der Waals surface area contributed by atoms with Gasteiger partial charge in [-0.25, -0.2) is 15.0 Å². The molecule has 0 heterocycles. The second-order valence-corrected chi connectivity index (χ2v) is 10.8. The fourth-order valence-corrected chi connectivity index (χ4v) is 3.15. The predicted octanol–water partition coefficient (Wildman–Crippen LogP) is 6.28. The number of carbonyl (C=O) groups excluding carboxylic acids is 2. The van der Waals surface area contributed by atoms with Crippen molar-refractivity contribution in [1.29, 1.82) is 0 Å². The quantitative estimate of drug-likeness (QED) is 0.252. The predicted molar refractivity (Wildman–Crippen MR) is 142 cm³/mol. The maximum atomic E-state index is 12.4. The summed E-state index contributed by atoms with van der Waals surface area (Å²) in [4.78, 5) is 26.8. The van der Waals surface area contributed by atoms with Crippen LogP contribution in [-0.4, -0.2) is 35.9 Å². The highest BCUT2D eigenvalue weighted by Crippen LogP contribution is 2.22. The zero-order valence-electron chi connectivity index (χ0n) is 21.1. The normalized spacial score (nSPS) is 11.0. The highest BCUT2D eigenvalue weighted by atomic mass is 32.2. The molecule has 2 aromatic rings. The van der Waals surface area contributed by atoms with Crippen LogP contribution in [0.3, 0.4) is 0 Å². The Morgan fingerprint density at radius 2 is 1.24 bits per heavy atom. The van der Waals surface area contributed by atoms with E-state index in [2.05, 4.69) is 10.9 Å². The Balaban J connectivity index is 0.000000479. The first-order valence-corrected chi connectivity index (χ1v) is 13.0. The van der Waals surface area contributed by atoms with Gasteiger partial charge in [0.15, 0.2) is 0 Å². The third-order valence-electron chi connectivity index (χ3n) is 3.77. The average Bonchev–Trinajstić information content (AvgIpc) is 2.75. The number of hydrogen-bond donors (Lipinski definition) is 3. The van der Waals surface area contributed by atoms with E-state index in [1.807, 2.05) is 48.9 Å². The Hall–Kier alpha value is -2.56. The van der Waals surface area contributed by atoms with Crippen molar-refractivity contribution < 1.29 is 19.1 Å². The van der Waals surface area contributed by atoms with E-state index in [4.69, 9.17) is 15.3 Å². The van der Waals surface area contributed by atoms with Gasteiger partial charge in [0.25, 0.3) is 0 Å². The minimum Gasteiger partial charge on any atom is -0.443 e. The minimum absolute atomic E-state index is 0.480. The van der Waals surface area contributed by atoms with Crippen molar-refractivity contribution in [2.75, 3.05) is 22.9 Å². The third-order valence-corrected chi connectivity index (χ3v) is 5.25. The molecule has 0 aromatic heterocycles. The molecule has 10 heteroatoms. The molecular weight excluding hydrogens is 472 g/mol. The number of nitrogens with zero attached hydrogens (tertiary/aromatic N) is 1. The Bertz CT molecular complexity index is 886. The summed E-state index contributed by atoms with van der Waals surface area (Å²) in [6.45, 7) is 10.5. The molecule has 0 radical (unpaired) electrons. The standard InChI is InChI=1S/C17H26N2O4S.C7H10N2S/c1-16(2,3)22-14(20)18-19(15(21)23-17(4,5)6)12-8-10-13(24-7)11-9-12;1-10-7-4-2-6(9-8)3-5-7/h8-11H,1-7H3,(H,18,20);2-5,9H,8H2,1H3. The summed E-state index contributed by atoms with van der Waals surface area (Å²) in [7, 11) is 0. The summed E-state index contributed by atoms with van der Waals surface area (Å²) < 4.78 is 10.6. The molecule has 0 atom stereocenters. The van der Waals surface area contributed by atoms with Crippen molar-refractivity contribution in [3.05, 3.63) is 48.5 Å². The van der Waals surface area contributed by atoms with Gasteiger partial charge in [-0.2, -0.15) is 5.01 Å². The van der Waals surface area contributed by atoms with Crippen molar-refractivity contribution in [1.82, 2.24) is 5.43 Å². The Labute approximate surface area is 211 Å². The lowest BCUT2D eigenvalue weighted by molar-refractivity contribution is 0.0425. The number of hydrazine groups is 2. The van der Waals surface area contributed by atoms with Crippen molar-refractivity contribution in [3.63, 3.8) is 0 Å². The lowest BCUT2D eigenvalue weighted by atomic mass is 10.2. The Kier molecular flexibility index (Phi) is 11.6. The molecule has 0 saturated carbocycles. The highest BCUT2D eigenvalue weighted by Gasteiger charge is 2.27. The van der Waals surface area contributed by atoms with Crippen LogP contribution in [0.15, 0.2) is 58.3 Å². The number of carbonyl (C=O) groups is 2. The number of amides is 2. The van der Waals surface area contributed by atoms with E-state index in [1.54, 1.807) is 77.2 Å². The second-order valence-electron chi connectivity index (χ2n) is 9.00. The molecule has 0 saturated heterocycles. The molecule has 0 fully saturated rings. The van der Waals surface area contributed by atoms with Crippen LogP contribution in [-0.2, 0) is 9.47 Å². The summed E-state index contributed by atoms with van der Waals surface area (Å²) >= 11 is 3.30. The fraction of sp³-hybridized carbons (Fsp3) is 0.417. The number of nitrogens with two attached hydrogens (primary N) is 1. The van der Waals surface area contributed by atoms with E-state index < -0.39 is 23.4 Å². The molecule has 8 nitrogen and oxygen atoms in total. The van der Waals surface area contributed by atoms with Crippen molar-refractivity contribution in [2.24, 2.45) is 5.84 Å². The van der Waals surface area contributed by atoms with E-state index >= 15 is 0 Å². The first-order chi connectivity index (χ1) is 15.8. The van der Waals surface area contributed by atoms with Gasteiger partial charge in [0.2, 0.25) is 0 Å². The van der Waals surface area contributed by atoms with Gasteiger partial charge in [0, 0.05) is 15.5 Å². The lowest BCUT2D eigenvalue weighted by Gasteiger charge is -2.28. The SMILES string of the molecule is CSc1ccc(N(NC(=O)OC(C)(C)C)C(=O)OC(C)(C)C)cc1.CSc1ccc(NN)cc1. The summed E-state index contributed by atoms with van der Waals surface area (Å²) in [5.41, 5.74) is 5.07. The van der Waals surface area contributed by atoms with Crippen molar-refractivity contribution in [3.8, 4) is 0 Å². The van der Waals surface area contributed by atoms with Gasteiger partial charge in [-0.05, 0) is 103 Å². The number of rotatable bonds is 4. The molecule has 0 bridgehead atoms. The molecule has 2 rings (SSSR count). The summed E-state index contributed by atoms with van der Waals surface area (Å²) in [5.74, 6) is 5.18. The minimum atomic E-state index is -0.734. The summed E-state index contributed by atoms with van der Waals surface area (Å²) in [6, 6.07) is 15.1. The molecule has 0 aliphatic heterocycles. The number of thioether (sulfide) groups is 2. The van der Waals surface area contributed by atoms with Crippen LogP contribution < -0.4 is 21.7 Å². The maximum absolute atomic E-state index is 12.4. The molecule has 0 unspecified atom stereocenters. The highest BCUT2D eigenvalue weighted by molar-refractivity contribution is 7.98. The van der Waals surface area contributed by atoms with E-state index in [1.165, 1.54) is 4.90 Å². The van der Waals surface area contributed by atoms with Crippen molar-refractivity contribution >= 4 is 47.1 Å². The first kappa shape index (κ1) is 29.5. The second kappa shape index (κ2) is 13.4. The van der Waals surface area contributed by atoms with Crippen LogP contribution in [0.2, 0.25) is 0 Å². The Morgan fingerprint density at radius 3 is 1.62 bits per heavy atom. The lowest BCUT2D eigenvalue weighted by Crippen LogP contribution is -2.50. The van der Waals surface area contributed by atoms with Crippen molar-refractivity contribution in [2.45, 2.75) is 62.5 Å². The number of ether oxygens (including phenoxy) is 2. The van der Waals surface area contributed by atoms with Crippen LogP contribution in [0, 0.1) is 0 Å². The fourth-order valence-electron chi connectivity index (χ4n) is 2.33. The van der Waals surface area contributed by atoms with Crippen LogP contribution >= 0.6 is 23.5 Å². The van der Waals surface area contributed by atoms with E-state index in [-0.39, 0.29) is 0 Å². The smallest absolute Gasteiger partial charge is 0.434 e. The molecular formula is C24H36N4O4S2. The van der Waals surface area contributed by atoms with E-state index in [9.17, 15) is 9.59 Å². The molecule has 34 heavy (non-hydrogen) atoms. The van der Waals surface area contributed by atoms with Crippen LogP contribution in [0.4, 0.5) is 21.0 Å². The van der Waals surface area contributed by atoms with Crippen LogP contribution in [0.1, 0.15) is 41.5 Å². The third kappa shape index (κ3) is 11.5. The molecule has 0 aliphatic rings. The maximum Gasteiger partial charge on any atom is 0.434 e. The molecule has 2 amide bonds. The summed E-state index contributed by atoms with van der Waals surface area (Å²) in [6.07, 6.45) is 2.58. The summed E-state index contributed by atoms with van der Waals surface area (Å²) in [5, 5.41) is 1.05. The van der Waals surface area contributed by atoms with Gasteiger partial charge in [-0.15, -0.1) is 23.5 Å². The molecule has 4 N–H and O–H groups in total. The largest absolute Gasteiger partial charge is 0.443 e. The van der Waals surface area contributed by atoms with Crippen LogP contribution in [0.5, 0.6) is 0 Å². The molecule has 0 spiro atoms. The van der Waals surface area contributed by atoms with Gasteiger partial charge in [0.05, 0.1) is 5.69 Å². The zero-order chi connectivity index (χ0) is 25.9. The van der Waals surface area contributed by atoms with E-state index in [0.717, 1.165) is 15.6 Å². The number of anilines is 2. The first-order valence-electron chi connectivity index (χ1n) is 10.6. The number of nitrogen functional groups attached to an aromatic ring is 1. The van der Waals surface area contributed by atoms with Crippen LogP contribution in [0.25, 0.3) is 0 Å². The molecule has 188 valence electrons. The Morgan fingerprint density at radius 1 is 0.794 bits per heavy atom. The topological polar surface area (TPSA) is 106 Å². The van der Waals surface area contributed by atoms with Gasteiger partial charge in [0.1, 0.15) is 11.2 Å². The number of nitrogens with one attached hydrogen (secondary N) is 2. The van der Waals surface area contributed by atoms with Gasteiger partial charge >= 0.3 is 12.2 Å². The number of benzene rings is 2. The zero-order valence-corrected chi connectivity index (χ0v) is 22.7. The monoisotopic (exact) mass is 508 g/mol. The van der Waals surface area contributed by atoms with Gasteiger partial charge in [-0.1, -0.05) is 0 Å².